The van der Waals surface area contributed by atoms with Gasteiger partial charge in [-0.05, 0) is 18.6 Å². The van der Waals surface area contributed by atoms with Crippen LogP contribution in [0.15, 0.2) is 17.5 Å². The molecule has 110 valence electrons. The van der Waals surface area contributed by atoms with E-state index in [-0.39, 0.29) is 22.9 Å². The molecule has 3 N–H and O–H groups in total. The molecule has 0 saturated heterocycles. The van der Waals surface area contributed by atoms with Crippen LogP contribution in [-0.2, 0) is 6.54 Å². The second-order valence-electron chi connectivity index (χ2n) is 4.16. The number of hydrogen-bond donors (Lipinski definition) is 2. The van der Waals surface area contributed by atoms with Gasteiger partial charge < -0.3 is 11.1 Å². The van der Waals surface area contributed by atoms with Crippen LogP contribution in [0.1, 0.15) is 21.1 Å². The van der Waals surface area contributed by atoms with Crippen molar-refractivity contribution in [3.63, 3.8) is 0 Å². The zero-order chi connectivity index (χ0) is 15.6. The van der Waals surface area contributed by atoms with Crippen molar-refractivity contribution in [3.8, 4) is 0 Å². The number of thiazole rings is 1. The number of nitrogens with two attached hydrogens (primary N) is 1. The summed E-state index contributed by atoms with van der Waals surface area (Å²) < 4.78 is 0. The average Bonchev–Trinajstić information content (AvgIpc) is 2.91. The fourth-order valence-corrected chi connectivity index (χ4v) is 2.52. The Labute approximate surface area is 128 Å². The highest BCUT2D eigenvalue weighted by molar-refractivity contribution is 7.09. The van der Waals surface area contributed by atoms with Crippen molar-refractivity contribution in [1.82, 2.24) is 4.98 Å². The zero-order valence-electron chi connectivity index (χ0n) is 10.9. The third-order valence-corrected chi connectivity index (χ3v) is 3.87. The normalized spacial score (nSPS) is 10.4. The summed E-state index contributed by atoms with van der Waals surface area (Å²) in [4.78, 5) is 26.3. The van der Waals surface area contributed by atoms with Crippen molar-refractivity contribution >= 4 is 40.2 Å². The molecule has 0 unspecified atom stereocenters. The molecule has 0 bridgehead atoms. The van der Waals surface area contributed by atoms with Crippen LogP contribution < -0.4 is 11.1 Å². The highest BCUT2D eigenvalue weighted by Gasteiger charge is 2.17. The van der Waals surface area contributed by atoms with Crippen LogP contribution in [0.25, 0.3) is 0 Å². The maximum absolute atomic E-state index is 12.0. The minimum Gasteiger partial charge on any atom is -0.325 e. The lowest BCUT2D eigenvalue weighted by molar-refractivity contribution is -0.384. The van der Waals surface area contributed by atoms with Crippen LogP contribution in [0, 0.1) is 17.0 Å². The molecule has 0 radical (unpaired) electrons. The Morgan fingerprint density at radius 1 is 1.57 bits per heavy atom. The van der Waals surface area contributed by atoms with E-state index in [1.165, 1.54) is 23.5 Å². The number of nitro benzene ring substituents is 1. The molecule has 0 spiro atoms. The summed E-state index contributed by atoms with van der Waals surface area (Å²) in [5.41, 5.74) is 6.42. The third kappa shape index (κ3) is 3.35. The van der Waals surface area contributed by atoms with E-state index in [1.807, 2.05) is 0 Å². The summed E-state index contributed by atoms with van der Waals surface area (Å²) >= 11 is 7.12. The number of hydrogen-bond acceptors (Lipinski definition) is 6. The first-order valence-electron chi connectivity index (χ1n) is 5.82. The topological polar surface area (TPSA) is 111 Å². The van der Waals surface area contributed by atoms with Crippen LogP contribution in [-0.4, -0.2) is 15.8 Å². The Balaban J connectivity index is 2.25. The number of carbonyl (C=O) groups is 1. The molecule has 1 aromatic heterocycles. The molecule has 9 heteroatoms. The van der Waals surface area contributed by atoms with E-state index in [0.717, 1.165) is 0 Å². The van der Waals surface area contributed by atoms with Crippen molar-refractivity contribution in [2.24, 2.45) is 5.73 Å². The van der Waals surface area contributed by atoms with Gasteiger partial charge in [-0.25, -0.2) is 4.98 Å². The van der Waals surface area contributed by atoms with Crippen molar-refractivity contribution in [2.45, 2.75) is 13.5 Å². The quantitative estimate of drug-likeness (QED) is 0.662. The maximum atomic E-state index is 12.0. The number of nitrogens with one attached hydrogen (secondary N) is 1. The van der Waals surface area contributed by atoms with Gasteiger partial charge in [-0.2, -0.15) is 0 Å². The van der Waals surface area contributed by atoms with Crippen molar-refractivity contribution in [2.75, 3.05) is 5.32 Å². The van der Waals surface area contributed by atoms with E-state index in [2.05, 4.69) is 10.3 Å². The summed E-state index contributed by atoms with van der Waals surface area (Å²) in [6.45, 7) is 1.91. The summed E-state index contributed by atoms with van der Waals surface area (Å²) in [5.74, 6) is -0.418. The molecule has 7 nitrogen and oxygen atoms in total. The SMILES string of the molecule is Cc1cc([N+](=O)[O-])c(Cl)cc1NC(=O)c1csc(CN)n1. The Morgan fingerprint density at radius 3 is 2.86 bits per heavy atom. The third-order valence-electron chi connectivity index (χ3n) is 2.70. The molecular formula is C12H11ClN4O3S. The van der Waals surface area contributed by atoms with E-state index in [1.54, 1.807) is 12.3 Å². The van der Waals surface area contributed by atoms with Crippen molar-refractivity contribution < 1.29 is 9.72 Å². The minimum absolute atomic E-state index is 0.0400. The number of halogens is 1. The van der Waals surface area contributed by atoms with Crippen molar-refractivity contribution in [1.29, 1.82) is 0 Å². The number of nitrogens with zero attached hydrogens (tertiary/aromatic N) is 2. The van der Waals surface area contributed by atoms with Gasteiger partial charge in [0.2, 0.25) is 0 Å². The molecule has 2 rings (SSSR count). The highest BCUT2D eigenvalue weighted by atomic mass is 35.5. The first kappa shape index (κ1) is 15.4. The Hall–Kier alpha value is -2.03. The molecule has 2 aromatic rings. The zero-order valence-corrected chi connectivity index (χ0v) is 12.5. The summed E-state index contributed by atoms with van der Waals surface area (Å²) in [7, 11) is 0. The standard InChI is InChI=1S/C12H11ClN4O3S/c1-6-2-10(17(19)20)7(13)3-8(6)16-12(18)9-5-21-11(4-14)15-9/h2-3,5H,4,14H2,1H3,(H,16,18). The van der Waals surface area contributed by atoms with Gasteiger partial charge in [-0.3, -0.25) is 14.9 Å². The number of amides is 1. The van der Waals surface area contributed by atoms with E-state index < -0.39 is 10.8 Å². The summed E-state index contributed by atoms with van der Waals surface area (Å²) in [6.07, 6.45) is 0. The Bertz CT molecular complexity index is 717. The van der Waals surface area contributed by atoms with Gasteiger partial charge in [-0.1, -0.05) is 11.6 Å². The van der Waals surface area contributed by atoms with Crippen molar-refractivity contribution in [3.05, 3.63) is 48.9 Å². The maximum Gasteiger partial charge on any atom is 0.288 e. The monoisotopic (exact) mass is 326 g/mol. The molecule has 0 aliphatic rings. The van der Waals surface area contributed by atoms with Crippen LogP contribution in [0.3, 0.4) is 0 Å². The molecule has 0 aliphatic heterocycles. The molecular weight excluding hydrogens is 316 g/mol. The number of carbonyl (C=O) groups excluding carboxylic acids is 1. The number of anilines is 1. The number of rotatable bonds is 4. The smallest absolute Gasteiger partial charge is 0.288 e. The van der Waals surface area contributed by atoms with Gasteiger partial charge in [0.15, 0.2) is 0 Å². The van der Waals surface area contributed by atoms with Gasteiger partial charge in [0.05, 0.1) is 4.92 Å². The number of nitro groups is 1. The van der Waals surface area contributed by atoms with Crippen LogP contribution in [0.2, 0.25) is 5.02 Å². The summed E-state index contributed by atoms with van der Waals surface area (Å²) in [5, 5.41) is 15.6. The minimum atomic E-state index is -0.575. The van der Waals surface area contributed by atoms with Gasteiger partial charge in [0.1, 0.15) is 15.7 Å². The van der Waals surface area contributed by atoms with E-state index in [4.69, 9.17) is 17.3 Å². The molecule has 1 amide bonds. The molecule has 21 heavy (non-hydrogen) atoms. The number of aryl methyl sites for hydroxylation is 1. The second-order valence-corrected chi connectivity index (χ2v) is 5.51. The average molecular weight is 327 g/mol. The molecule has 0 aliphatic carbocycles. The van der Waals surface area contributed by atoms with Crippen LogP contribution in [0.5, 0.6) is 0 Å². The fourth-order valence-electron chi connectivity index (χ4n) is 1.64. The lowest BCUT2D eigenvalue weighted by atomic mass is 10.1. The molecule has 1 heterocycles. The lowest BCUT2D eigenvalue weighted by Gasteiger charge is -2.08. The molecule has 1 aromatic carbocycles. The first-order valence-corrected chi connectivity index (χ1v) is 7.08. The number of aromatic nitrogens is 1. The van der Waals surface area contributed by atoms with Crippen LogP contribution in [0.4, 0.5) is 11.4 Å². The van der Waals surface area contributed by atoms with Gasteiger partial charge >= 0.3 is 0 Å². The van der Waals surface area contributed by atoms with E-state index >= 15 is 0 Å². The molecule has 0 saturated carbocycles. The first-order chi connectivity index (χ1) is 9.92. The molecule has 0 atom stereocenters. The Morgan fingerprint density at radius 2 is 2.29 bits per heavy atom. The van der Waals surface area contributed by atoms with Gasteiger partial charge in [-0.15, -0.1) is 11.3 Å². The summed E-state index contributed by atoms with van der Waals surface area (Å²) in [6, 6.07) is 2.66. The molecule has 0 fully saturated rings. The predicted molar refractivity (Wildman–Crippen MR) is 80.8 cm³/mol. The van der Waals surface area contributed by atoms with E-state index in [0.29, 0.717) is 16.3 Å². The van der Waals surface area contributed by atoms with Gasteiger partial charge in [0.25, 0.3) is 11.6 Å². The van der Waals surface area contributed by atoms with Crippen LogP contribution >= 0.6 is 22.9 Å². The fraction of sp³-hybridized carbons (Fsp3) is 0.167. The predicted octanol–water partition coefficient (Wildman–Crippen LogP) is 2.72. The largest absolute Gasteiger partial charge is 0.325 e. The Kier molecular flexibility index (Phi) is 4.51. The number of benzene rings is 1. The van der Waals surface area contributed by atoms with Gasteiger partial charge in [0, 0.05) is 23.7 Å². The second kappa shape index (κ2) is 6.17. The van der Waals surface area contributed by atoms with E-state index in [9.17, 15) is 14.9 Å². The lowest BCUT2D eigenvalue weighted by Crippen LogP contribution is -2.13. The highest BCUT2D eigenvalue weighted by Crippen LogP contribution is 2.30.